The zero-order valence-electron chi connectivity index (χ0n) is 16.7. The van der Waals surface area contributed by atoms with Gasteiger partial charge in [-0.2, -0.15) is 0 Å². The van der Waals surface area contributed by atoms with Gasteiger partial charge in [-0.25, -0.2) is 0 Å². The minimum atomic E-state index is -2.03. The van der Waals surface area contributed by atoms with E-state index >= 15 is 0 Å². The Balaban J connectivity index is 1.90. The lowest BCUT2D eigenvalue weighted by molar-refractivity contribution is -0.158. The molecule has 0 saturated heterocycles. The molecule has 0 bridgehead atoms. The summed E-state index contributed by atoms with van der Waals surface area (Å²) < 4.78 is 0. The number of carbonyl (C=O) groups is 1. The molecule has 4 heteroatoms. The third-order valence-electron chi connectivity index (χ3n) is 5.61. The van der Waals surface area contributed by atoms with Crippen molar-refractivity contribution in [3.63, 3.8) is 0 Å². The molecular formula is C22H40O4. The average Bonchev–Trinajstić information content (AvgIpc) is 2.90. The van der Waals surface area contributed by atoms with Crippen molar-refractivity contribution in [3.8, 4) is 0 Å². The third kappa shape index (κ3) is 7.89. The van der Waals surface area contributed by atoms with Crippen LogP contribution < -0.4 is 0 Å². The van der Waals surface area contributed by atoms with Crippen LogP contribution in [0.1, 0.15) is 103 Å². The molecule has 0 radical (unpaired) electrons. The average molecular weight is 369 g/mol. The van der Waals surface area contributed by atoms with Crippen LogP contribution in [0.5, 0.6) is 0 Å². The van der Waals surface area contributed by atoms with Gasteiger partial charge in [-0.05, 0) is 18.6 Å². The molecule has 3 N–H and O–H groups in total. The molecule has 26 heavy (non-hydrogen) atoms. The molecule has 1 rings (SSSR count). The summed E-state index contributed by atoms with van der Waals surface area (Å²) in [6.45, 7) is 2.25. The summed E-state index contributed by atoms with van der Waals surface area (Å²) in [4.78, 5) is 11.6. The first-order valence-electron chi connectivity index (χ1n) is 10.8. The zero-order chi connectivity index (χ0) is 19.3. The Labute approximate surface area is 159 Å². The van der Waals surface area contributed by atoms with Gasteiger partial charge in [0.2, 0.25) is 0 Å². The van der Waals surface area contributed by atoms with E-state index in [0.29, 0.717) is 6.42 Å². The Hall–Kier alpha value is -0.710. The van der Waals surface area contributed by atoms with Gasteiger partial charge in [0.05, 0.1) is 6.10 Å². The van der Waals surface area contributed by atoms with Gasteiger partial charge in [0, 0.05) is 0 Å². The van der Waals surface area contributed by atoms with E-state index in [-0.39, 0.29) is 0 Å². The molecule has 0 aromatic heterocycles. The predicted molar refractivity (Wildman–Crippen MR) is 106 cm³/mol. The van der Waals surface area contributed by atoms with Gasteiger partial charge in [-0.15, -0.1) is 0 Å². The maximum absolute atomic E-state index is 11.6. The van der Waals surface area contributed by atoms with E-state index in [1.165, 1.54) is 76.7 Å². The highest BCUT2D eigenvalue weighted by Crippen LogP contribution is 2.27. The molecule has 0 spiro atoms. The number of rotatable bonds is 16. The van der Waals surface area contributed by atoms with Crippen LogP contribution in [0, 0.1) is 0 Å². The van der Waals surface area contributed by atoms with Crippen LogP contribution in [-0.4, -0.2) is 38.9 Å². The topological polar surface area (TPSA) is 77.8 Å². The van der Waals surface area contributed by atoms with Gasteiger partial charge in [-0.1, -0.05) is 96.8 Å². The minimum absolute atomic E-state index is 0.346. The number of aliphatic hydroxyl groups is 3. The van der Waals surface area contributed by atoms with Crippen molar-refractivity contribution < 1.29 is 20.1 Å². The second-order valence-electron chi connectivity index (χ2n) is 7.89. The molecule has 0 aromatic rings. The fourth-order valence-corrected chi connectivity index (χ4v) is 3.72. The Morgan fingerprint density at radius 2 is 1.31 bits per heavy atom. The molecule has 0 aliphatic heterocycles. The molecule has 0 heterocycles. The molecular weight excluding hydrogens is 328 g/mol. The second-order valence-corrected chi connectivity index (χ2v) is 7.89. The number of unbranched alkanes of at least 4 members (excludes halogenated alkanes) is 13. The van der Waals surface area contributed by atoms with Gasteiger partial charge in [0.15, 0.2) is 11.4 Å². The summed E-state index contributed by atoms with van der Waals surface area (Å²) >= 11 is 0. The van der Waals surface area contributed by atoms with Crippen molar-refractivity contribution in [2.24, 2.45) is 0 Å². The number of ketones is 1. The van der Waals surface area contributed by atoms with E-state index in [1.54, 1.807) is 0 Å². The first kappa shape index (κ1) is 23.3. The third-order valence-corrected chi connectivity index (χ3v) is 5.61. The molecule has 0 saturated carbocycles. The first-order valence-corrected chi connectivity index (χ1v) is 10.8. The van der Waals surface area contributed by atoms with Gasteiger partial charge in [0.25, 0.3) is 0 Å². The second kappa shape index (κ2) is 13.5. The van der Waals surface area contributed by atoms with Gasteiger partial charge in [-0.3, -0.25) is 4.79 Å². The maximum Gasteiger partial charge on any atom is 0.192 e. The van der Waals surface area contributed by atoms with E-state index in [2.05, 4.69) is 6.92 Å². The number of carbonyl (C=O) groups excluding carboxylic acids is 1. The van der Waals surface area contributed by atoms with Gasteiger partial charge < -0.3 is 15.3 Å². The van der Waals surface area contributed by atoms with Crippen LogP contribution in [0.2, 0.25) is 0 Å². The van der Waals surface area contributed by atoms with Crippen LogP contribution >= 0.6 is 0 Å². The van der Waals surface area contributed by atoms with E-state index in [4.69, 9.17) is 0 Å². The SMILES string of the molecule is CCCCCCCCCCCCCCCC[C@H](O)[C@@]1(O)C(=O)C=C[C@@H]1O. The molecule has 1 aliphatic rings. The Kier molecular flexibility index (Phi) is 12.1. The zero-order valence-corrected chi connectivity index (χ0v) is 16.7. The lowest BCUT2D eigenvalue weighted by Crippen LogP contribution is -2.54. The van der Waals surface area contributed by atoms with Crippen LogP contribution in [0.4, 0.5) is 0 Å². The molecule has 0 fully saturated rings. The van der Waals surface area contributed by atoms with Crippen molar-refractivity contribution in [1.29, 1.82) is 0 Å². The molecule has 4 nitrogen and oxygen atoms in total. The van der Waals surface area contributed by atoms with Gasteiger partial charge in [0.1, 0.15) is 6.10 Å². The minimum Gasteiger partial charge on any atom is -0.390 e. The molecule has 1 aliphatic carbocycles. The summed E-state index contributed by atoms with van der Waals surface area (Å²) in [5, 5.41) is 29.9. The van der Waals surface area contributed by atoms with Gasteiger partial charge >= 0.3 is 0 Å². The normalized spacial score (nSPS) is 23.7. The van der Waals surface area contributed by atoms with Crippen molar-refractivity contribution in [3.05, 3.63) is 12.2 Å². The molecule has 0 amide bonds. The molecule has 0 unspecified atom stereocenters. The van der Waals surface area contributed by atoms with Crippen LogP contribution in [0.15, 0.2) is 12.2 Å². The fourth-order valence-electron chi connectivity index (χ4n) is 3.72. The molecule has 3 atom stereocenters. The van der Waals surface area contributed by atoms with Crippen LogP contribution in [-0.2, 0) is 4.79 Å². The Bertz CT molecular complexity index is 407. The van der Waals surface area contributed by atoms with Crippen molar-refractivity contribution in [2.45, 2.75) is 121 Å². The summed E-state index contributed by atoms with van der Waals surface area (Å²) in [6, 6.07) is 0. The summed E-state index contributed by atoms with van der Waals surface area (Å²) in [7, 11) is 0. The van der Waals surface area contributed by atoms with Crippen molar-refractivity contribution in [2.75, 3.05) is 0 Å². The van der Waals surface area contributed by atoms with Crippen molar-refractivity contribution >= 4 is 5.78 Å². The van der Waals surface area contributed by atoms with E-state index in [0.717, 1.165) is 25.3 Å². The maximum atomic E-state index is 11.6. The van der Waals surface area contributed by atoms with Crippen LogP contribution in [0.3, 0.4) is 0 Å². The number of hydrogen-bond acceptors (Lipinski definition) is 4. The van der Waals surface area contributed by atoms with E-state index < -0.39 is 23.6 Å². The summed E-state index contributed by atoms with van der Waals surface area (Å²) in [5.74, 6) is -0.595. The standard InChI is InChI=1S/C22H40O4/c1-2-3-4-5-6-7-8-9-10-11-12-13-14-15-16-19(23)22(26)20(24)17-18-21(22)25/h17-20,23-24,26H,2-16H2,1H3/t19-,20-,22-/m0/s1. The van der Waals surface area contributed by atoms with Crippen molar-refractivity contribution in [1.82, 2.24) is 0 Å². The monoisotopic (exact) mass is 368 g/mol. The summed E-state index contributed by atoms with van der Waals surface area (Å²) in [5.41, 5.74) is -2.03. The smallest absolute Gasteiger partial charge is 0.192 e. The Morgan fingerprint density at radius 1 is 0.885 bits per heavy atom. The molecule has 152 valence electrons. The highest BCUT2D eigenvalue weighted by atomic mass is 16.4. The van der Waals surface area contributed by atoms with Crippen LogP contribution in [0.25, 0.3) is 0 Å². The number of aliphatic hydroxyl groups excluding tert-OH is 2. The lowest BCUT2D eigenvalue weighted by Gasteiger charge is -2.30. The predicted octanol–water partition coefficient (Wildman–Crippen LogP) is 4.45. The highest BCUT2D eigenvalue weighted by Gasteiger charge is 2.50. The molecule has 0 aromatic carbocycles. The largest absolute Gasteiger partial charge is 0.390 e. The quantitative estimate of drug-likeness (QED) is 0.352. The summed E-state index contributed by atoms with van der Waals surface area (Å²) in [6.07, 6.45) is 17.9. The number of hydrogen-bond donors (Lipinski definition) is 3. The highest BCUT2D eigenvalue weighted by molar-refractivity contribution is 6.00. The van der Waals surface area contributed by atoms with E-state index in [1.807, 2.05) is 0 Å². The Morgan fingerprint density at radius 3 is 1.69 bits per heavy atom. The lowest BCUT2D eigenvalue weighted by atomic mass is 9.87. The fraction of sp³-hybridized carbons (Fsp3) is 0.864. The first-order chi connectivity index (χ1) is 12.5. The van der Waals surface area contributed by atoms with E-state index in [9.17, 15) is 20.1 Å².